The number of pyridine rings is 1. The summed E-state index contributed by atoms with van der Waals surface area (Å²) < 4.78 is 5.09. The Balaban J connectivity index is 2.14. The molecule has 1 fully saturated rings. The molecule has 0 aliphatic carbocycles. The van der Waals surface area contributed by atoms with Gasteiger partial charge in [0.15, 0.2) is 0 Å². The van der Waals surface area contributed by atoms with Crippen LogP contribution in [-0.2, 0) is 9.59 Å². The topological polar surface area (TPSA) is 100.0 Å². The number of carbonyl (C=O) groups excluding carboxylic acids is 2. The maximum Gasteiger partial charge on any atom is 0.295 e. The van der Waals surface area contributed by atoms with Crippen molar-refractivity contribution in [1.82, 2.24) is 9.88 Å². The molecular formula is C19H18N2O5. The molecule has 2 N–H and O–H groups in total. The molecule has 1 saturated heterocycles. The molecule has 2 heterocycles. The van der Waals surface area contributed by atoms with Gasteiger partial charge in [-0.05, 0) is 36.4 Å². The third-order valence-corrected chi connectivity index (χ3v) is 4.21. The van der Waals surface area contributed by atoms with E-state index in [1.807, 2.05) is 0 Å². The largest absolute Gasteiger partial charge is 0.507 e. The summed E-state index contributed by atoms with van der Waals surface area (Å²) in [5.74, 6) is -1.27. The fourth-order valence-electron chi connectivity index (χ4n) is 2.97. The second-order valence-corrected chi connectivity index (χ2v) is 5.70. The maximum atomic E-state index is 12.6. The summed E-state index contributed by atoms with van der Waals surface area (Å²) in [5.41, 5.74) is 0.774. The molecule has 1 aliphatic rings. The molecule has 7 heteroatoms. The van der Waals surface area contributed by atoms with Gasteiger partial charge in [-0.1, -0.05) is 6.07 Å². The van der Waals surface area contributed by atoms with Crippen LogP contribution in [0.1, 0.15) is 17.3 Å². The molecule has 0 radical (unpaired) electrons. The highest BCUT2D eigenvalue weighted by atomic mass is 16.5. The fourth-order valence-corrected chi connectivity index (χ4v) is 2.97. The first-order valence-corrected chi connectivity index (χ1v) is 8.03. The molecule has 1 unspecified atom stereocenters. The Morgan fingerprint density at radius 2 is 1.92 bits per heavy atom. The molecule has 134 valence electrons. The molecule has 1 aromatic heterocycles. The number of aliphatic hydroxyl groups excluding tert-OH is 2. The van der Waals surface area contributed by atoms with E-state index in [9.17, 15) is 19.8 Å². The van der Waals surface area contributed by atoms with Gasteiger partial charge in [0.1, 0.15) is 17.6 Å². The molecule has 1 atom stereocenters. The summed E-state index contributed by atoms with van der Waals surface area (Å²) >= 11 is 0. The number of hydrogen-bond donors (Lipinski definition) is 2. The minimum atomic E-state index is -0.856. The number of amides is 1. The van der Waals surface area contributed by atoms with Gasteiger partial charge in [0.2, 0.25) is 0 Å². The van der Waals surface area contributed by atoms with E-state index in [0.29, 0.717) is 17.0 Å². The molecule has 3 rings (SSSR count). The molecule has 0 saturated carbocycles. The Morgan fingerprint density at radius 1 is 1.19 bits per heavy atom. The van der Waals surface area contributed by atoms with Gasteiger partial charge in [0, 0.05) is 18.3 Å². The maximum absolute atomic E-state index is 12.6. The zero-order chi connectivity index (χ0) is 18.7. The van der Waals surface area contributed by atoms with Crippen molar-refractivity contribution in [3.05, 3.63) is 65.5 Å². The number of Topliss-reactive ketones (excluding diaryl/α,β-unsaturated/α-hetero) is 1. The first-order chi connectivity index (χ1) is 12.6. The van der Waals surface area contributed by atoms with E-state index in [2.05, 4.69) is 4.98 Å². The number of carbonyl (C=O) groups is 2. The molecule has 1 aliphatic heterocycles. The summed E-state index contributed by atoms with van der Waals surface area (Å²) in [4.78, 5) is 30.4. The Labute approximate surface area is 150 Å². The highest BCUT2D eigenvalue weighted by Crippen LogP contribution is 2.38. The summed E-state index contributed by atoms with van der Waals surface area (Å²) in [5, 5.41) is 20.0. The summed E-state index contributed by atoms with van der Waals surface area (Å²) in [6, 6.07) is 10.8. The van der Waals surface area contributed by atoms with E-state index in [4.69, 9.17) is 4.74 Å². The van der Waals surface area contributed by atoms with E-state index >= 15 is 0 Å². The Bertz CT molecular complexity index is 846. The predicted molar refractivity (Wildman–Crippen MR) is 93.3 cm³/mol. The third-order valence-electron chi connectivity index (χ3n) is 4.21. The van der Waals surface area contributed by atoms with Crippen LogP contribution in [0.15, 0.2) is 54.2 Å². The lowest BCUT2D eigenvalue weighted by Gasteiger charge is -2.23. The summed E-state index contributed by atoms with van der Waals surface area (Å²) in [7, 11) is 1.52. The van der Waals surface area contributed by atoms with Crippen molar-refractivity contribution >= 4 is 17.4 Å². The van der Waals surface area contributed by atoms with Gasteiger partial charge in [-0.25, -0.2) is 0 Å². The van der Waals surface area contributed by atoms with Gasteiger partial charge in [-0.15, -0.1) is 0 Å². The number of ketones is 1. The summed E-state index contributed by atoms with van der Waals surface area (Å²) in [6.07, 6.45) is 1.54. The average Bonchev–Trinajstić information content (AvgIpc) is 2.93. The molecule has 1 aromatic carbocycles. The number of aromatic nitrogens is 1. The number of rotatable bonds is 5. The highest BCUT2D eigenvalue weighted by Gasteiger charge is 2.46. The Hall–Kier alpha value is -3.19. The van der Waals surface area contributed by atoms with Gasteiger partial charge in [-0.3, -0.25) is 14.6 Å². The fraction of sp³-hybridized carbons (Fsp3) is 0.211. The van der Waals surface area contributed by atoms with E-state index in [-0.39, 0.29) is 24.5 Å². The number of hydrogen-bond acceptors (Lipinski definition) is 6. The van der Waals surface area contributed by atoms with Gasteiger partial charge < -0.3 is 19.8 Å². The van der Waals surface area contributed by atoms with Gasteiger partial charge in [-0.2, -0.15) is 0 Å². The van der Waals surface area contributed by atoms with Crippen molar-refractivity contribution in [2.75, 3.05) is 20.3 Å². The number of likely N-dealkylation sites (tertiary alicyclic amines) is 1. The summed E-state index contributed by atoms with van der Waals surface area (Å²) in [6.45, 7) is -0.343. The van der Waals surface area contributed by atoms with Crippen LogP contribution in [0.3, 0.4) is 0 Å². The number of benzene rings is 1. The van der Waals surface area contributed by atoms with Gasteiger partial charge in [0.05, 0.1) is 25.0 Å². The first kappa shape index (κ1) is 17.6. The standard InChI is InChI=1S/C19H18N2O5/c1-26-13-7-5-12(6-8-13)17(23)15-16(14-4-2-3-9-20-14)21(10-11-22)19(25)18(15)24/h2-9,16,22-23H,10-11H2,1H3/b17-15-. The Kier molecular flexibility index (Phi) is 4.99. The van der Waals surface area contributed by atoms with Crippen molar-refractivity contribution in [1.29, 1.82) is 0 Å². The third kappa shape index (κ3) is 3.04. The molecular weight excluding hydrogens is 336 g/mol. The van der Waals surface area contributed by atoms with E-state index < -0.39 is 17.7 Å². The van der Waals surface area contributed by atoms with E-state index in [0.717, 1.165) is 0 Å². The lowest BCUT2D eigenvalue weighted by molar-refractivity contribution is -0.140. The zero-order valence-electron chi connectivity index (χ0n) is 14.1. The second kappa shape index (κ2) is 7.37. The predicted octanol–water partition coefficient (Wildman–Crippen LogP) is 1.50. The van der Waals surface area contributed by atoms with Crippen molar-refractivity contribution in [3.8, 4) is 5.75 Å². The van der Waals surface area contributed by atoms with Crippen molar-refractivity contribution in [3.63, 3.8) is 0 Å². The van der Waals surface area contributed by atoms with Crippen LogP contribution in [0.5, 0.6) is 5.75 Å². The van der Waals surface area contributed by atoms with E-state index in [1.165, 1.54) is 12.0 Å². The molecule has 0 spiro atoms. The molecule has 0 bridgehead atoms. The molecule has 1 amide bonds. The molecule has 2 aromatic rings. The monoisotopic (exact) mass is 354 g/mol. The van der Waals surface area contributed by atoms with Gasteiger partial charge in [0.25, 0.3) is 11.7 Å². The van der Waals surface area contributed by atoms with Gasteiger partial charge >= 0.3 is 0 Å². The van der Waals surface area contributed by atoms with Crippen LogP contribution >= 0.6 is 0 Å². The van der Waals surface area contributed by atoms with E-state index in [1.54, 1.807) is 48.7 Å². The SMILES string of the molecule is COc1ccc(/C(O)=C2/C(=O)C(=O)N(CCO)C2c2ccccn2)cc1. The Morgan fingerprint density at radius 3 is 2.50 bits per heavy atom. The van der Waals surface area contributed by atoms with Crippen molar-refractivity contribution < 1.29 is 24.5 Å². The second-order valence-electron chi connectivity index (χ2n) is 5.70. The van der Waals surface area contributed by atoms with Crippen LogP contribution in [-0.4, -0.2) is 52.0 Å². The van der Waals surface area contributed by atoms with Crippen LogP contribution in [0.4, 0.5) is 0 Å². The highest BCUT2D eigenvalue weighted by molar-refractivity contribution is 6.46. The number of nitrogens with zero attached hydrogens (tertiary/aromatic N) is 2. The quantitative estimate of drug-likeness (QED) is 0.480. The van der Waals surface area contributed by atoms with Crippen LogP contribution in [0, 0.1) is 0 Å². The molecule has 7 nitrogen and oxygen atoms in total. The minimum absolute atomic E-state index is 0.0365. The average molecular weight is 354 g/mol. The number of β-amino-alcohol motifs (C(OH)–C–C–N with tert-alkyl or cyclic N) is 1. The molecule has 26 heavy (non-hydrogen) atoms. The van der Waals surface area contributed by atoms with Crippen LogP contribution in [0.2, 0.25) is 0 Å². The lowest BCUT2D eigenvalue weighted by atomic mass is 9.98. The lowest BCUT2D eigenvalue weighted by Crippen LogP contribution is -2.32. The van der Waals surface area contributed by atoms with Crippen LogP contribution < -0.4 is 4.74 Å². The van der Waals surface area contributed by atoms with Crippen LogP contribution in [0.25, 0.3) is 5.76 Å². The van der Waals surface area contributed by atoms with Crippen molar-refractivity contribution in [2.45, 2.75) is 6.04 Å². The minimum Gasteiger partial charge on any atom is -0.507 e. The number of aliphatic hydroxyl groups is 2. The first-order valence-electron chi connectivity index (χ1n) is 8.03. The number of ether oxygens (including phenoxy) is 1. The normalized spacial score (nSPS) is 19.0. The number of methoxy groups -OCH3 is 1. The zero-order valence-corrected chi connectivity index (χ0v) is 14.1. The smallest absolute Gasteiger partial charge is 0.295 e. The van der Waals surface area contributed by atoms with Crippen molar-refractivity contribution in [2.24, 2.45) is 0 Å².